The summed E-state index contributed by atoms with van der Waals surface area (Å²) in [5, 5.41) is 3.83. The molecule has 0 spiro atoms. The van der Waals surface area contributed by atoms with Gasteiger partial charge in [-0.3, -0.25) is 0 Å². The van der Waals surface area contributed by atoms with Crippen LogP contribution >= 0.6 is 11.5 Å². The fraction of sp³-hybridized carbons (Fsp3) is 0.786. The van der Waals surface area contributed by atoms with Gasteiger partial charge in [-0.2, -0.15) is 4.37 Å². The van der Waals surface area contributed by atoms with Crippen LogP contribution in [0.3, 0.4) is 0 Å². The number of nitrogens with two attached hydrogens (primary N) is 1. The summed E-state index contributed by atoms with van der Waals surface area (Å²) >= 11 is 1.18. The summed E-state index contributed by atoms with van der Waals surface area (Å²) in [6.07, 6.45) is 6.12. The van der Waals surface area contributed by atoms with Gasteiger partial charge < -0.3 is 11.1 Å². The van der Waals surface area contributed by atoms with Gasteiger partial charge in [0.25, 0.3) is 0 Å². The third-order valence-corrected chi connectivity index (χ3v) is 7.99. The number of anilines is 2. The Balaban J connectivity index is 1.90. The molecule has 21 heavy (non-hydrogen) atoms. The van der Waals surface area contributed by atoms with Gasteiger partial charge >= 0.3 is 0 Å². The second kappa shape index (κ2) is 5.12. The van der Waals surface area contributed by atoms with E-state index in [2.05, 4.69) is 23.5 Å². The van der Waals surface area contributed by atoms with Crippen molar-refractivity contribution in [2.75, 3.05) is 11.1 Å². The lowest BCUT2D eigenvalue weighted by atomic mass is 9.73. The number of nitrogens with one attached hydrogen (secondary N) is 1. The van der Waals surface area contributed by atoms with E-state index in [1.807, 2.05) is 0 Å². The Morgan fingerprint density at radius 2 is 2.00 bits per heavy atom. The third-order valence-electron chi connectivity index (χ3n) is 4.73. The van der Waals surface area contributed by atoms with Crippen molar-refractivity contribution < 1.29 is 8.42 Å². The molecule has 118 valence electrons. The van der Waals surface area contributed by atoms with Crippen molar-refractivity contribution in [1.29, 1.82) is 0 Å². The quantitative estimate of drug-likeness (QED) is 0.887. The van der Waals surface area contributed by atoms with Crippen LogP contribution in [0.5, 0.6) is 0 Å². The molecule has 7 heteroatoms. The summed E-state index contributed by atoms with van der Waals surface area (Å²) in [6, 6.07) is 0.277. The highest BCUT2D eigenvalue weighted by molar-refractivity contribution is 7.92. The summed E-state index contributed by atoms with van der Waals surface area (Å²) in [5.41, 5.74) is 6.01. The molecule has 0 amide bonds. The SMILES string of the molecule is CC1(C)CCCCC1Nc1snc(N)c1S(=O)(=O)C1CC1. The third kappa shape index (κ3) is 2.77. The minimum atomic E-state index is -3.31. The van der Waals surface area contributed by atoms with Crippen molar-refractivity contribution in [3.8, 4) is 0 Å². The molecule has 3 rings (SSSR count). The van der Waals surface area contributed by atoms with E-state index in [9.17, 15) is 8.42 Å². The van der Waals surface area contributed by atoms with Crippen molar-refractivity contribution >= 4 is 32.2 Å². The predicted octanol–water partition coefficient (Wildman–Crippen LogP) is 3.04. The lowest BCUT2D eigenvalue weighted by molar-refractivity contribution is 0.217. The van der Waals surface area contributed by atoms with Crippen LogP contribution < -0.4 is 11.1 Å². The second-order valence-corrected chi connectivity index (χ2v) is 9.84. The highest BCUT2D eigenvalue weighted by Crippen LogP contribution is 2.43. The first-order chi connectivity index (χ1) is 9.82. The molecule has 2 saturated carbocycles. The van der Waals surface area contributed by atoms with Crippen molar-refractivity contribution in [3.05, 3.63) is 0 Å². The van der Waals surface area contributed by atoms with E-state index in [-0.39, 0.29) is 27.4 Å². The average molecular weight is 329 g/mol. The Morgan fingerprint density at radius 3 is 2.62 bits per heavy atom. The summed E-state index contributed by atoms with van der Waals surface area (Å²) in [6.45, 7) is 4.48. The molecule has 1 aromatic heterocycles. The fourth-order valence-corrected chi connectivity index (χ4v) is 6.05. The maximum absolute atomic E-state index is 12.5. The van der Waals surface area contributed by atoms with Crippen molar-refractivity contribution in [1.82, 2.24) is 4.37 Å². The van der Waals surface area contributed by atoms with E-state index in [4.69, 9.17) is 5.73 Å². The van der Waals surface area contributed by atoms with Gasteiger partial charge in [0.05, 0.1) is 5.25 Å². The van der Waals surface area contributed by atoms with E-state index < -0.39 is 9.84 Å². The summed E-state index contributed by atoms with van der Waals surface area (Å²) in [5.74, 6) is 0.156. The van der Waals surface area contributed by atoms with Gasteiger partial charge in [-0.25, -0.2) is 8.42 Å². The molecule has 0 aliphatic heterocycles. The molecule has 1 aromatic rings. The zero-order chi connectivity index (χ0) is 15.3. The number of rotatable bonds is 4. The first-order valence-corrected chi connectivity index (χ1v) is 9.90. The lowest BCUT2D eigenvalue weighted by Gasteiger charge is -2.39. The first kappa shape index (κ1) is 15.1. The summed E-state index contributed by atoms with van der Waals surface area (Å²) in [4.78, 5) is 0.247. The Labute approximate surface area is 130 Å². The molecule has 3 N–H and O–H groups in total. The molecule has 0 bridgehead atoms. The van der Waals surface area contributed by atoms with Crippen molar-refractivity contribution in [2.24, 2.45) is 5.41 Å². The molecule has 2 fully saturated rings. The Kier molecular flexibility index (Phi) is 3.68. The minimum absolute atomic E-state index is 0.156. The van der Waals surface area contributed by atoms with Crippen LogP contribution in [-0.4, -0.2) is 24.1 Å². The summed E-state index contributed by atoms with van der Waals surface area (Å²) in [7, 11) is -3.31. The highest BCUT2D eigenvalue weighted by atomic mass is 32.2. The Hall–Kier alpha value is -0.820. The van der Waals surface area contributed by atoms with E-state index in [0.717, 1.165) is 25.7 Å². The van der Waals surface area contributed by atoms with E-state index in [1.54, 1.807) is 0 Å². The fourth-order valence-electron chi connectivity index (χ4n) is 3.13. The van der Waals surface area contributed by atoms with Crippen LogP contribution in [0, 0.1) is 5.41 Å². The zero-order valence-corrected chi connectivity index (χ0v) is 14.2. The van der Waals surface area contributed by atoms with Crippen LogP contribution in [0.2, 0.25) is 0 Å². The van der Waals surface area contributed by atoms with E-state index >= 15 is 0 Å². The van der Waals surface area contributed by atoms with Gasteiger partial charge in [-0.05, 0) is 42.6 Å². The van der Waals surface area contributed by atoms with Crippen LogP contribution in [0.15, 0.2) is 4.90 Å². The number of nitrogens with zero attached hydrogens (tertiary/aromatic N) is 1. The van der Waals surface area contributed by atoms with Gasteiger partial charge in [0.1, 0.15) is 9.90 Å². The largest absolute Gasteiger partial charge is 0.382 e. The number of hydrogen-bond acceptors (Lipinski definition) is 6. The Bertz CT molecular complexity index is 633. The van der Waals surface area contributed by atoms with Crippen LogP contribution in [0.25, 0.3) is 0 Å². The maximum atomic E-state index is 12.5. The molecular formula is C14H23N3O2S2. The van der Waals surface area contributed by atoms with Gasteiger partial charge in [0.2, 0.25) is 0 Å². The van der Waals surface area contributed by atoms with E-state index in [1.165, 1.54) is 24.4 Å². The maximum Gasteiger partial charge on any atom is 0.187 e. The molecule has 0 radical (unpaired) electrons. The molecular weight excluding hydrogens is 306 g/mol. The predicted molar refractivity (Wildman–Crippen MR) is 86.4 cm³/mol. The van der Waals surface area contributed by atoms with Crippen molar-refractivity contribution in [3.63, 3.8) is 0 Å². The number of hydrogen-bond donors (Lipinski definition) is 2. The molecule has 2 aliphatic rings. The van der Waals surface area contributed by atoms with Gasteiger partial charge in [-0.15, -0.1) is 0 Å². The zero-order valence-electron chi connectivity index (χ0n) is 12.6. The van der Waals surface area contributed by atoms with Crippen LogP contribution in [-0.2, 0) is 9.84 Å². The molecule has 1 atom stereocenters. The average Bonchev–Trinajstić information content (AvgIpc) is 3.18. The molecule has 1 unspecified atom stereocenters. The monoisotopic (exact) mass is 329 g/mol. The first-order valence-electron chi connectivity index (χ1n) is 7.58. The normalized spacial score (nSPS) is 25.7. The molecule has 2 aliphatic carbocycles. The smallest absolute Gasteiger partial charge is 0.187 e. The highest BCUT2D eigenvalue weighted by Gasteiger charge is 2.42. The summed E-state index contributed by atoms with van der Waals surface area (Å²) < 4.78 is 29.2. The van der Waals surface area contributed by atoms with Gasteiger partial charge in [-0.1, -0.05) is 26.7 Å². The second-order valence-electron chi connectivity index (χ2n) is 6.90. The molecule has 0 aromatic carbocycles. The van der Waals surface area contributed by atoms with Crippen molar-refractivity contribution in [2.45, 2.75) is 68.6 Å². The molecule has 1 heterocycles. The molecule has 5 nitrogen and oxygen atoms in total. The minimum Gasteiger partial charge on any atom is -0.382 e. The van der Waals surface area contributed by atoms with Crippen LogP contribution in [0.4, 0.5) is 10.8 Å². The Morgan fingerprint density at radius 1 is 1.29 bits per heavy atom. The van der Waals surface area contributed by atoms with Crippen LogP contribution in [0.1, 0.15) is 52.4 Å². The number of aromatic nitrogens is 1. The topological polar surface area (TPSA) is 85.1 Å². The standard InChI is InChI=1S/C14H23N3O2S2/c1-14(2)8-4-3-5-10(14)16-13-11(12(15)17-20-13)21(18,19)9-6-7-9/h9-10,16H,3-8H2,1-2H3,(H2,15,17). The molecule has 0 saturated heterocycles. The lowest BCUT2D eigenvalue weighted by Crippen LogP contribution is -2.39. The number of sulfone groups is 1. The van der Waals surface area contributed by atoms with Gasteiger partial charge in [0, 0.05) is 6.04 Å². The van der Waals surface area contributed by atoms with E-state index in [0.29, 0.717) is 5.00 Å². The number of nitrogen functional groups attached to an aromatic ring is 1. The van der Waals surface area contributed by atoms with Gasteiger partial charge in [0.15, 0.2) is 15.7 Å².